The minimum absolute atomic E-state index is 0.0500. The van der Waals surface area contributed by atoms with Crippen molar-refractivity contribution in [2.45, 2.75) is 6.92 Å². The number of carbonyl (C=O) groups is 4. The van der Waals surface area contributed by atoms with E-state index in [0.29, 0.717) is 26.9 Å². The molecule has 0 bridgehead atoms. The zero-order valence-electron chi connectivity index (χ0n) is 20.5. The lowest BCUT2D eigenvalue weighted by Gasteiger charge is -2.27. The number of barbiturate groups is 1. The van der Waals surface area contributed by atoms with Crippen LogP contribution in [0.3, 0.4) is 0 Å². The first-order chi connectivity index (χ1) is 18.6. The third-order valence-electron chi connectivity index (χ3n) is 5.64. The number of benzene rings is 3. The number of carbonyl (C=O) groups excluding carboxylic acids is 4. The summed E-state index contributed by atoms with van der Waals surface area (Å²) in [6, 6.07) is 13.5. The van der Waals surface area contributed by atoms with Crippen LogP contribution < -0.4 is 25.0 Å². The van der Waals surface area contributed by atoms with Gasteiger partial charge in [0.05, 0.1) is 28.5 Å². The van der Waals surface area contributed by atoms with Crippen molar-refractivity contribution in [2.24, 2.45) is 0 Å². The Morgan fingerprint density at radius 3 is 2.44 bits per heavy atom. The Hall–Kier alpha value is -4.05. The van der Waals surface area contributed by atoms with E-state index in [0.717, 1.165) is 4.90 Å². The highest BCUT2D eigenvalue weighted by Gasteiger charge is 2.37. The predicted octanol–water partition coefficient (Wildman–Crippen LogP) is 5.65. The van der Waals surface area contributed by atoms with E-state index in [4.69, 9.17) is 44.3 Å². The number of para-hydroxylation sites is 1. The molecule has 0 unspecified atom stereocenters. The monoisotopic (exact) mass is 587 g/mol. The number of ether oxygens (including phenoxy) is 2. The maximum atomic E-state index is 13.3. The number of nitrogens with zero attached hydrogens (tertiary/aromatic N) is 1. The van der Waals surface area contributed by atoms with E-state index in [9.17, 15) is 19.2 Å². The molecule has 12 heteroatoms. The molecular weight excluding hydrogens is 569 g/mol. The minimum atomic E-state index is -0.901. The van der Waals surface area contributed by atoms with Crippen molar-refractivity contribution in [1.29, 1.82) is 0 Å². The van der Waals surface area contributed by atoms with Gasteiger partial charge in [0.25, 0.3) is 17.7 Å². The SMILES string of the molecule is COc1cc(/C=C2/C(=O)NC(=O)N(c3cccc(Cl)c3C)C2=O)cc(Cl)c1OCC(=O)Nc1ccccc1Cl. The number of nitrogens with one attached hydrogen (secondary N) is 2. The second-order valence-electron chi connectivity index (χ2n) is 8.19. The van der Waals surface area contributed by atoms with Gasteiger partial charge in [-0.25, -0.2) is 9.69 Å². The molecule has 1 heterocycles. The van der Waals surface area contributed by atoms with Crippen LogP contribution in [-0.2, 0) is 14.4 Å². The van der Waals surface area contributed by atoms with Crippen LogP contribution in [0.4, 0.5) is 16.2 Å². The molecule has 0 spiro atoms. The molecule has 0 radical (unpaired) electrons. The number of amides is 5. The van der Waals surface area contributed by atoms with Gasteiger partial charge < -0.3 is 14.8 Å². The molecule has 0 aliphatic carbocycles. The fourth-order valence-electron chi connectivity index (χ4n) is 3.73. The topological polar surface area (TPSA) is 114 Å². The standard InChI is InChI=1S/C27H20Cl3N3O6/c1-14-17(28)7-5-9-21(14)33-26(36)16(25(35)32-27(33)37)10-15-11-19(30)24(22(12-15)38-2)39-13-23(34)31-20-8-4-3-6-18(20)29/h3-12H,13H2,1-2H3,(H,31,34)(H,32,35,37)/b16-10-. The highest BCUT2D eigenvalue weighted by Crippen LogP contribution is 2.37. The zero-order chi connectivity index (χ0) is 28.3. The number of methoxy groups -OCH3 is 1. The summed E-state index contributed by atoms with van der Waals surface area (Å²) >= 11 is 18.6. The molecule has 5 amide bonds. The Balaban J connectivity index is 1.58. The van der Waals surface area contributed by atoms with Gasteiger partial charge in [0.1, 0.15) is 5.57 Å². The van der Waals surface area contributed by atoms with E-state index in [2.05, 4.69) is 10.6 Å². The summed E-state index contributed by atoms with van der Waals surface area (Å²) in [6.45, 7) is 1.24. The van der Waals surface area contributed by atoms with Gasteiger partial charge in [-0.3, -0.25) is 19.7 Å². The fourth-order valence-corrected chi connectivity index (χ4v) is 4.36. The van der Waals surface area contributed by atoms with Crippen LogP contribution in [0.2, 0.25) is 15.1 Å². The molecule has 1 aliphatic rings. The summed E-state index contributed by atoms with van der Waals surface area (Å²) in [6.07, 6.45) is 1.26. The van der Waals surface area contributed by atoms with Gasteiger partial charge in [-0.1, -0.05) is 53.0 Å². The van der Waals surface area contributed by atoms with Gasteiger partial charge in [0.15, 0.2) is 18.1 Å². The lowest BCUT2D eigenvalue weighted by molar-refractivity contribution is -0.122. The van der Waals surface area contributed by atoms with E-state index >= 15 is 0 Å². The highest BCUT2D eigenvalue weighted by molar-refractivity contribution is 6.40. The van der Waals surface area contributed by atoms with Crippen molar-refractivity contribution in [3.05, 3.63) is 86.4 Å². The third-order valence-corrected chi connectivity index (χ3v) is 6.66. The van der Waals surface area contributed by atoms with Crippen molar-refractivity contribution in [2.75, 3.05) is 23.9 Å². The summed E-state index contributed by atoms with van der Waals surface area (Å²) in [7, 11) is 1.36. The van der Waals surface area contributed by atoms with Crippen LogP contribution in [0.15, 0.2) is 60.2 Å². The van der Waals surface area contributed by atoms with Gasteiger partial charge >= 0.3 is 6.03 Å². The van der Waals surface area contributed by atoms with Crippen LogP contribution in [0.1, 0.15) is 11.1 Å². The van der Waals surface area contributed by atoms with Crippen molar-refractivity contribution in [1.82, 2.24) is 5.32 Å². The maximum Gasteiger partial charge on any atom is 0.335 e. The van der Waals surface area contributed by atoms with Gasteiger partial charge in [0.2, 0.25) is 0 Å². The molecule has 3 aromatic carbocycles. The summed E-state index contributed by atoms with van der Waals surface area (Å²) in [5.41, 5.74) is 1.13. The molecule has 1 fully saturated rings. The summed E-state index contributed by atoms with van der Waals surface area (Å²) in [4.78, 5) is 51.6. The Morgan fingerprint density at radius 1 is 1.00 bits per heavy atom. The number of hydrogen-bond donors (Lipinski definition) is 2. The second kappa shape index (κ2) is 11.8. The first-order valence-electron chi connectivity index (χ1n) is 11.3. The van der Waals surface area contributed by atoms with E-state index in [-0.39, 0.29) is 27.8 Å². The van der Waals surface area contributed by atoms with Crippen molar-refractivity contribution >= 4 is 76.0 Å². The molecule has 200 valence electrons. The van der Waals surface area contributed by atoms with Crippen LogP contribution in [0, 0.1) is 6.92 Å². The van der Waals surface area contributed by atoms with Gasteiger partial charge in [-0.2, -0.15) is 0 Å². The van der Waals surface area contributed by atoms with Crippen LogP contribution in [-0.4, -0.2) is 37.5 Å². The molecular formula is C27H20Cl3N3O6. The highest BCUT2D eigenvalue weighted by atomic mass is 35.5. The Morgan fingerprint density at radius 2 is 1.72 bits per heavy atom. The van der Waals surface area contributed by atoms with E-state index in [1.54, 1.807) is 49.4 Å². The Labute approximate surface area is 238 Å². The molecule has 0 aromatic heterocycles. The summed E-state index contributed by atoms with van der Waals surface area (Å²) in [5.74, 6) is -2.00. The largest absolute Gasteiger partial charge is 0.493 e. The zero-order valence-corrected chi connectivity index (χ0v) is 22.8. The summed E-state index contributed by atoms with van der Waals surface area (Å²) in [5, 5.41) is 5.56. The maximum absolute atomic E-state index is 13.3. The number of anilines is 2. The van der Waals surface area contributed by atoms with Crippen molar-refractivity contribution < 1.29 is 28.7 Å². The first kappa shape index (κ1) is 28.0. The van der Waals surface area contributed by atoms with Crippen molar-refractivity contribution in [3.63, 3.8) is 0 Å². The number of rotatable bonds is 7. The number of imide groups is 2. The van der Waals surface area contributed by atoms with E-state index in [1.165, 1.54) is 25.3 Å². The second-order valence-corrected chi connectivity index (χ2v) is 9.41. The minimum Gasteiger partial charge on any atom is -0.493 e. The first-order valence-corrected chi connectivity index (χ1v) is 12.5. The van der Waals surface area contributed by atoms with Gasteiger partial charge in [0, 0.05) is 5.02 Å². The van der Waals surface area contributed by atoms with Gasteiger partial charge in [-0.05, 0) is 60.5 Å². The number of hydrogen-bond acceptors (Lipinski definition) is 6. The third kappa shape index (κ3) is 6.01. The van der Waals surface area contributed by atoms with Crippen LogP contribution in [0.5, 0.6) is 11.5 Å². The average molecular weight is 589 g/mol. The van der Waals surface area contributed by atoms with Gasteiger partial charge in [-0.15, -0.1) is 0 Å². The molecule has 9 nitrogen and oxygen atoms in total. The number of urea groups is 1. The Bertz CT molecular complexity index is 1540. The fraction of sp³-hybridized carbons (Fsp3) is 0.111. The predicted molar refractivity (Wildman–Crippen MR) is 149 cm³/mol. The quantitative estimate of drug-likeness (QED) is 0.272. The normalized spacial score (nSPS) is 14.3. The van der Waals surface area contributed by atoms with Crippen LogP contribution in [0.25, 0.3) is 6.08 Å². The van der Waals surface area contributed by atoms with E-state index in [1.807, 2.05) is 0 Å². The molecule has 39 heavy (non-hydrogen) atoms. The van der Waals surface area contributed by atoms with E-state index < -0.39 is 30.4 Å². The average Bonchev–Trinajstić information content (AvgIpc) is 2.89. The smallest absolute Gasteiger partial charge is 0.335 e. The molecule has 0 atom stereocenters. The van der Waals surface area contributed by atoms with Crippen LogP contribution >= 0.6 is 34.8 Å². The number of halogens is 3. The molecule has 1 saturated heterocycles. The molecule has 4 rings (SSSR count). The molecule has 0 saturated carbocycles. The van der Waals surface area contributed by atoms with Crippen molar-refractivity contribution in [3.8, 4) is 11.5 Å². The Kier molecular flexibility index (Phi) is 8.44. The lowest BCUT2D eigenvalue weighted by atomic mass is 10.1. The lowest BCUT2D eigenvalue weighted by Crippen LogP contribution is -2.54. The molecule has 2 N–H and O–H groups in total. The molecule has 1 aliphatic heterocycles. The molecule has 3 aromatic rings. The summed E-state index contributed by atoms with van der Waals surface area (Å²) < 4.78 is 10.9.